The van der Waals surface area contributed by atoms with Crippen LogP contribution < -0.4 is 15.0 Å². The molecule has 0 fully saturated rings. The van der Waals surface area contributed by atoms with E-state index >= 15 is 0 Å². The van der Waals surface area contributed by atoms with Crippen molar-refractivity contribution in [1.82, 2.24) is 4.73 Å². The van der Waals surface area contributed by atoms with Gasteiger partial charge < -0.3 is 9.57 Å². The molecule has 0 spiro atoms. The average molecular weight is 337 g/mol. The minimum absolute atomic E-state index is 0.0527. The van der Waals surface area contributed by atoms with E-state index in [-0.39, 0.29) is 18.1 Å². The number of esters is 1. The number of ketones is 1. The lowest BCUT2D eigenvalue weighted by Gasteiger charge is -2.21. The van der Waals surface area contributed by atoms with Crippen molar-refractivity contribution in [3.8, 4) is 5.75 Å². The molecule has 1 rings (SSSR count). The number of hydrogen-bond acceptors (Lipinski definition) is 5. The van der Waals surface area contributed by atoms with E-state index in [4.69, 9.17) is 9.57 Å². The molecule has 0 aliphatic carbocycles. The molecule has 0 aromatic carbocycles. The number of rotatable bonds is 5. The molecule has 0 amide bonds. The number of carbonyl (C=O) groups excluding carboxylic acids is 2. The van der Waals surface area contributed by atoms with Crippen LogP contribution in [0.15, 0.2) is 17.1 Å². The predicted molar refractivity (Wildman–Crippen MR) is 91.1 cm³/mol. The topological polar surface area (TPSA) is 74.6 Å². The van der Waals surface area contributed by atoms with Crippen molar-refractivity contribution in [2.75, 3.05) is 6.61 Å². The third-order valence-electron chi connectivity index (χ3n) is 3.43. The van der Waals surface area contributed by atoms with E-state index in [9.17, 15) is 14.4 Å². The van der Waals surface area contributed by atoms with Crippen molar-refractivity contribution in [3.05, 3.63) is 28.2 Å². The quantitative estimate of drug-likeness (QED) is 0.771. The Balaban J connectivity index is 3.13. The van der Waals surface area contributed by atoms with Gasteiger partial charge in [0.15, 0.2) is 12.4 Å². The van der Waals surface area contributed by atoms with Crippen molar-refractivity contribution in [2.24, 2.45) is 10.8 Å². The molecule has 0 radical (unpaired) electrons. The van der Waals surface area contributed by atoms with Gasteiger partial charge >= 0.3 is 5.97 Å². The standard InChI is InChI=1S/C18H27NO5/c1-8-12-15(24-16(22)18(5,6)7)13(20)9-10-19(12)23-11-14(21)17(2,3)4/h9-10H,8,11H2,1-7H3. The summed E-state index contributed by atoms with van der Waals surface area (Å²) in [6.45, 7) is 12.2. The first-order chi connectivity index (χ1) is 10.9. The summed E-state index contributed by atoms with van der Waals surface area (Å²) in [5.41, 5.74) is -1.23. The molecule has 0 N–H and O–H groups in total. The molecule has 1 aromatic rings. The first kappa shape index (κ1) is 19.9. The molecule has 6 nitrogen and oxygen atoms in total. The van der Waals surface area contributed by atoms with Crippen LogP contribution in [0.2, 0.25) is 0 Å². The van der Waals surface area contributed by atoms with Crippen LogP contribution >= 0.6 is 0 Å². The molecular weight excluding hydrogens is 310 g/mol. The van der Waals surface area contributed by atoms with Crippen molar-refractivity contribution < 1.29 is 19.2 Å². The van der Waals surface area contributed by atoms with E-state index in [0.717, 1.165) is 0 Å². The highest BCUT2D eigenvalue weighted by atomic mass is 16.7. The van der Waals surface area contributed by atoms with Gasteiger partial charge in [-0.05, 0) is 27.2 Å². The number of aromatic nitrogens is 1. The maximum absolute atomic E-state index is 12.1. The molecule has 0 aliphatic heterocycles. The second-order valence-electron chi connectivity index (χ2n) is 7.72. The third-order valence-corrected chi connectivity index (χ3v) is 3.43. The Morgan fingerprint density at radius 2 is 1.67 bits per heavy atom. The monoisotopic (exact) mass is 337 g/mol. The second kappa shape index (κ2) is 7.20. The van der Waals surface area contributed by atoms with E-state index in [1.807, 2.05) is 6.92 Å². The van der Waals surface area contributed by atoms with Crippen LogP contribution in [0.1, 0.15) is 54.2 Å². The lowest BCUT2D eigenvalue weighted by Crippen LogP contribution is -2.33. The van der Waals surface area contributed by atoms with Crippen molar-refractivity contribution in [3.63, 3.8) is 0 Å². The number of hydrogen-bond donors (Lipinski definition) is 0. The molecule has 0 aliphatic rings. The van der Waals surface area contributed by atoms with Crippen molar-refractivity contribution in [1.29, 1.82) is 0 Å². The number of carbonyl (C=O) groups is 2. The zero-order valence-corrected chi connectivity index (χ0v) is 15.6. The summed E-state index contributed by atoms with van der Waals surface area (Å²) in [6.07, 6.45) is 1.85. The van der Waals surface area contributed by atoms with Crippen LogP contribution in [0.4, 0.5) is 0 Å². The van der Waals surface area contributed by atoms with E-state index in [1.165, 1.54) is 17.0 Å². The molecule has 0 unspecified atom stereocenters. The van der Waals surface area contributed by atoms with Crippen LogP contribution in [0.5, 0.6) is 5.75 Å². The van der Waals surface area contributed by atoms with Gasteiger partial charge in [-0.2, -0.15) is 4.73 Å². The molecule has 6 heteroatoms. The summed E-state index contributed by atoms with van der Waals surface area (Å²) < 4.78 is 6.64. The first-order valence-corrected chi connectivity index (χ1v) is 8.01. The number of pyridine rings is 1. The lowest BCUT2D eigenvalue weighted by molar-refractivity contribution is -0.143. The maximum atomic E-state index is 12.1. The fourth-order valence-electron chi connectivity index (χ4n) is 1.68. The minimum atomic E-state index is -0.735. The first-order valence-electron chi connectivity index (χ1n) is 8.01. The van der Waals surface area contributed by atoms with Crippen LogP contribution in [0.25, 0.3) is 0 Å². The minimum Gasteiger partial charge on any atom is -0.420 e. The van der Waals surface area contributed by atoms with E-state index in [1.54, 1.807) is 41.5 Å². The van der Waals surface area contributed by atoms with Crippen LogP contribution in [-0.4, -0.2) is 23.1 Å². The molecule has 24 heavy (non-hydrogen) atoms. The van der Waals surface area contributed by atoms with Gasteiger partial charge in [-0.1, -0.05) is 27.7 Å². The van der Waals surface area contributed by atoms with E-state index in [0.29, 0.717) is 12.1 Å². The molecule has 0 saturated carbocycles. The van der Waals surface area contributed by atoms with Gasteiger partial charge in [0, 0.05) is 17.7 Å². The summed E-state index contributed by atoms with van der Waals surface area (Å²) in [4.78, 5) is 41.7. The highest BCUT2D eigenvalue weighted by Crippen LogP contribution is 2.20. The number of Topliss-reactive ketones (excluding diaryl/α,β-unsaturated/α-hetero) is 1. The fraction of sp³-hybridized carbons (Fsp3) is 0.611. The zero-order valence-electron chi connectivity index (χ0n) is 15.6. The average Bonchev–Trinajstić information content (AvgIpc) is 2.45. The van der Waals surface area contributed by atoms with Gasteiger partial charge in [0.25, 0.3) is 0 Å². The Kier molecular flexibility index (Phi) is 5.98. The molecule has 1 heterocycles. The Morgan fingerprint density at radius 1 is 1.08 bits per heavy atom. The predicted octanol–water partition coefficient (Wildman–Crippen LogP) is 2.41. The number of ether oxygens (including phenoxy) is 1. The molecule has 0 saturated heterocycles. The van der Waals surface area contributed by atoms with Crippen LogP contribution in [-0.2, 0) is 16.0 Å². The van der Waals surface area contributed by atoms with Crippen molar-refractivity contribution >= 4 is 11.8 Å². The van der Waals surface area contributed by atoms with Crippen LogP contribution in [0.3, 0.4) is 0 Å². The van der Waals surface area contributed by atoms with Crippen LogP contribution in [0, 0.1) is 10.8 Å². The number of nitrogens with zero attached hydrogens (tertiary/aromatic N) is 1. The van der Waals surface area contributed by atoms with Gasteiger partial charge in [-0.3, -0.25) is 14.4 Å². The molecule has 134 valence electrons. The molecule has 1 aromatic heterocycles. The second-order valence-corrected chi connectivity index (χ2v) is 7.72. The van der Waals surface area contributed by atoms with Gasteiger partial charge in [0.1, 0.15) is 5.69 Å². The lowest BCUT2D eigenvalue weighted by atomic mass is 9.91. The van der Waals surface area contributed by atoms with E-state index < -0.39 is 22.2 Å². The largest absolute Gasteiger partial charge is 0.420 e. The molecule has 0 bridgehead atoms. The smallest absolute Gasteiger partial charge is 0.316 e. The van der Waals surface area contributed by atoms with Gasteiger partial charge in [0.2, 0.25) is 11.2 Å². The third kappa shape index (κ3) is 4.94. The maximum Gasteiger partial charge on any atom is 0.316 e. The molecular formula is C18H27NO5. The van der Waals surface area contributed by atoms with E-state index in [2.05, 4.69) is 0 Å². The summed E-state index contributed by atoms with van der Waals surface area (Å²) in [7, 11) is 0. The summed E-state index contributed by atoms with van der Waals surface area (Å²) >= 11 is 0. The van der Waals surface area contributed by atoms with Gasteiger partial charge in [-0.15, -0.1) is 0 Å². The van der Waals surface area contributed by atoms with Gasteiger partial charge in [0.05, 0.1) is 5.41 Å². The highest BCUT2D eigenvalue weighted by Gasteiger charge is 2.27. The SMILES string of the molecule is CCc1c(OC(=O)C(C)(C)C)c(=O)ccn1OCC(=O)C(C)(C)C. The Hall–Kier alpha value is -2.11. The summed E-state index contributed by atoms with van der Waals surface area (Å²) in [5, 5.41) is 0. The summed E-state index contributed by atoms with van der Waals surface area (Å²) in [6, 6.07) is 1.26. The molecule has 0 atom stereocenters. The normalized spacial score (nSPS) is 12.0. The fourth-order valence-corrected chi connectivity index (χ4v) is 1.68. The van der Waals surface area contributed by atoms with Crippen molar-refractivity contribution in [2.45, 2.75) is 54.9 Å². The van der Waals surface area contributed by atoms with Gasteiger partial charge in [-0.25, -0.2) is 0 Å². The summed E-state index contributed by atoms with van der Waals surface area (Å²) in [5.74, 6) is -0.627. The Labute approximate surface area is 142 Å². The Bertz CT molecular complexity index is 674. The zero-order chi connectivity index (χ0) is 18.7. The highest BCUT2D eigenvalue weighted by molar-refractivity contribution is 5.84. The Morgan fingerprint density at radius 3 is 2.12 bits per heavy atom.